The number of thiophene rings is 1. The van der Waals surface area contributed by atoms with Crippen molar-refractivity contribution < 1.29 is 4.39 Å². The first kappa shape index (κ1) is 15.5. The van der Waals surface area contributed by atoms with Crippen LogP contribution in [-0.4, -0.2) is 29.1 Å². The Morgan fingerprint density at radius 2 is 2.29 bits per heavy atom. The lowest BCUT2D eigenvalue weighted by atomic mass is 10.1. The quantitative estimate of drug-likeness (QED) is 0.784. The van der Waals surface area contributed by atoms with Crippen LogP contribution in [0.3, 0.4) is 0 Å². The Balaban J connectivity index is 1.43. The summed E-state index contributed by atoms with van der Waals surface area (Å²) in [4.78, 5) is 10.7. The average molecular weight is 342 g/mol. The number of rotatable bonds is 4. The molecule has 0 spiro atoms. The third kappa shape index (κ3) is 2.99. The molecule has 2 atom stereocenters. The van der Waals surface area contributed by atoms with Gasteiger partial charge < -0.3 is 10.2 Å². The van der Waals surface area contributed by atoms with E-state index in [1.807, 2.05) is 17.2 Å². The van der Waals surface area contributed by atoms with Gasteiger partial charge in [-0.3, -0.25) is 4.98 Å². The van der Waals surface area contributed by atoms with Crippen LogP contribution in [0.1, 0.15) is 24.9 Å². The van der Waals surface area contributed by atoms with E-state index >= 15 is 0 Å². The molecule has 1 saturated heterocycles. The van der Waals surface area contributed by atoms with Crippen molar-refractivity contribution in [2.75, 3.05) is 18.0 Å². The van der Waals surface area contributed by atoms with Crippen LogP contribution in [0.5, 0.6) is 0 Å². The van der Waals surface area contributed by atoms with Crippen molar-refractivity contribution in [3.8, 4) is 0 Å². The zero-order valence-corrected chi connectivity index (χ0v) is 14.3. The molecule has 0 radical (unpaired) electrons. The highest BCUT2D eigenvalue weighted by Gasteiger charge is 2.26. The fourth-order valence-corrected chi connectivity index (χ4v) is 4.04. The maximum absolute atomic E-state index is 13.9. The molecule has 4 heterocycles. The van der Waals surface area contributed by atoms with Crippen LogP contribution in [-0.2, 0) is 0 Å². The van der Waals surface area contributed by atoms with Gasteiger partial charge in [0.05, 0.1) is 10.2 Å². The van der Waals surface area contributed by atoms with E-state index in [2.05, 4.69) is 33.7 Å². The van der Waals surface area contributed by atoms with Crippen LogP contribution < -0.4 is 10.2 Å². The maximum atomic E-state index is 13.9. The fraction of sp³-hybridized carbons (Fsp3) is 0.333. The molecule has 24 heavy (non-hydrogen) atoms. The SMILES string of the molecule is CC(NC1CCN(c2ncccc2F)C1)c1cnc2ccsc2c1. The number of fused-ring (bicyclic) bond motifs is 1. The Bertz CT molecular complexity index is 850. The van der Waals surface area contributed by atoms with Crippen LogP contribution in [0.25, 0.3) is 10.2 Å². The van der Waals surface area contributed by atoms with Gasteiger partial charge in [0.2, 0.25) is 0 Å². The second kappa shape index (κ2) is 6.45. The maximum Gasteiger partial charge on any atom is 0.165 e. The summed E-state index contributed by atoms with van der Waals surface area (Å²) in [5.41, 5.74) is 2.24. The minimum absolute atomic E-state index is 0.211. The molecule has 2 unspecified atom stereocenters. The molecule has 0 aliphatic carbocycles. The number of hydrogen-bond donors (Lipinski definition) is 1. The van der Waals surface area contributed by atoms with Crippen molar-refractivity contribution in [2.24, 2.45) is 0 Å². The molecule has 1 N–H and O–H groups in total. The van der Waals surface area contributed by atoms with Crippen LogP contribution in [0.2, 0.25) is 0 Å². The predicted octanol–water partition coefficient (Wildman–Crippen LogP) is 3.76. The highest BCUT2D eigenvalue weighted by atomic mass is 32.1. The summed E-state index contributed by atoms with van der Waals surface area (Å²) in [6.45, 7) is 3.74. The summed E-state index contributed by atoms with van der Waals surface area (Å²) >= 11 is 1.71. The summed E-state index contributed by atoms with van der Waals surface area (Å²) in [6, 6.07) is 7.87. The summed E-state index contributed by atoms with van der Waals surface area (Å²) in [5, 5.41) is 5.71. The number of hydrogen-bond acceptors (Lipinski definition) is 5. The molecule has 1 aliphatic heterocycles. The van der Waals surface area contributed by atoms with Gasteiger partial charge in [0, 0.05) is 37.6 Å². The molecule has 124 valence electrons. The summed E-state index contributed by atoms with van der Waals surface area (Å²) in [6.07, 6.45) is 4.57. The Hall–Kier alpha value is -2.05. The normalized spacial score (nSPS) is 19.1. The van der Waals surface area contributed by atoms with Gasteiger partial charge in [-0.2, -0.15) is 0 Å². The summed E-state index contributed by atoms with van der Waals surface area (Å²) < 4.78 is 15.1. The predicted molar refractivity (Wildman–Crippen MR) is 96.0 cm³/mol. The van der Waals surface area contributed by atoms with Crippen LogP contribution >= 0.6 is 11.3 Å². The monoisotopic (exact) mass is 342 g/mol. The highest BCUT2D eigenvalue weighted by Crippen LogP contribution is 2.25. The van der Waals surface area contributed by atoms with E-state index in [4.69, 9.17) is 0 Å². The van der Waals surface area contributed by atoms with E-state index in [0.717, 1.165) is 25.0 Å². The standard InChI is InChI=1S/C18H19FN4S/c1-12(13-9-17-16(21-10-13)5-8-24-17)22-14-4-7-23(11-14)18-15(19)3-2-6-20-18/h2-3,5-6,8-10,12,14,22H,4,7,11H2,1H3. The number of anilines is 1. The molecular weight excluding hydrogens is 323 g/mol. The van der Waals surface area contributed by atoms with Gasteiger partial charge in [-0.15, -0.1) is 11.3 Å². The molecule has 0 saturated carbocycles. The molecule has 0 bridgehead atoms. The number of pyridine rings is 2. The first-order valence-corrected chi connectivity index (χ1v) is 9.03. The number of aromatic nitrogens is 2. The van der Waals surface area contributed by atoms with E-state index in [1.54, 1.807) is 23.6 Å². The number of nitrogens with zero attached hydrogens (tertiary/aromatic N) is 3. The largest absolute Gasteiger partial charge is 0.353 e. The van der Waals surface area contributed by atoms with Crippen LogP contribution in [0.4, 0.5) is 10.2 Å². The molecule has 3 aromatic rings. The average Bonchev–Trinajstić information content (AvgIpc) is 3.23. The van der Waals surface area contributed by atoms with E-state index < -0.39 is 0 Å². The minimum atomic E-state index is -0.251. The van der Waals surface area contributed by atoms with Crippen molar-refractivity contribution in [3.05, 3.63) is 53.4 Å². The lowest BCUT2D eigenvalue weighted by Gasteiger charge is -2.21. The fourth-order valence-electron chi connectivity index (χ4n) is 3.25. The Morgan fingerprint density at radius 1 is 1.38 bits per heavy atom. The van der Waals surface area contributed by atoms with E-state index in [1.165, 1.54) is 16.3 Å². The topological polar surface area (TPSA) is 41.0 Å². The highest BCUT2D eigenvalue weighted by molar-refractivity contribution is 7.17. The van der Waals surface area contributed by atoms with Gasteiger partial charge in [0.15, 0.2) is 11.6 Å². The van der Waals surface area contributed by atoms with E-state index in [-0.39, 0.29) is 11.9 Å². The molecule has 3 aromatic heterocycles. The lowest BCUT2D eigenvalue weighted by molar-refractivity contribution is 0.480. The number of halogens is 1. The third-order valence-corrected chi connectivity index (χ3v) is 5.39. The molecule has 0 amide bonds. The van der Waals surface area contributed by atoms with Crippen molar-refractivity contribution in [3.63, 3.8) is 0 Å². The molecular formula is C18H19FN4S. The Morgan fingerprint density at radius 3 is 3.17 bits per heavy atom. The smallest absolute Gasteiger partial charge is 0.165 e. The Labute approximate surface area is 144 Å². The molecule has 1 fully saturated rings. The molecule has 0 aromatic carbocycles. The van der Waals surface area contributed by atoms with Crippen molar-refractivity contribution >= 4 is 27.4 Å². The molecule has 4 rings (SSSR count). The minimum Gasteiger partial charge on any atom is -0.353 e. The lowest BCUT2D eigenvalue weighted by Crippen LogP contribution is -2.34. The van der Waals surface area contributed by atoms with Crippen molar-refractivity contribution in [2.45, 2.75) is 25.4 Å². The zero-order chi connectivity index (χ0) is 16.5. The third-order valence-electron chi connectivity index (χ3n) is 4.54. The molecule has 6 heteroatoms. The molecule has 1 aliphatic rings. The second-order valence-electron chi connectivity index (χ2n) is 6.20. The summed E-state index contributed by atoms with van der Waals surface area (Å²) in [5.74, 6) is 0.203. The first-order valence-electron chi connectivity index (χ1n) is 8.15. The van der Waals surface area contributed by atoms with Crippen molar-refractivity contribution in [1.29, 1.82) is 0 Å². The van der Waals surface area contributed by atoms with Gasteiger partial charge in [0.25, 0.3) is 0 Å². The van der Waals surface area contributed by atoms with Gasteiger partial charge >= 0.3 is 0 Å². The van der Waals surface area contributed by atoms with Gasteiger partial charge in [-0.25, -0.2) is 9.37 Å². The molecule has 4 nitrogen and oxygen atoms in total. The first-order chi connectivity index (χ1) is 11.7. The van der Waals surface area contributed by atoms with Crippen molar-refractivity contribution in [1.82, 2.24) is 15.3 Å². The summed E-state index contributed by atoms with van der Waals surface area (Å²) in [7, 11) is 0. The van der Waals surface area contributed by atoms with Gasteiger partial charge in [-0.1, -0.05) is 0 Å². The van der Waals surface area contributed by atoms with Crippen LogP contribution in [0.15, 0.2) is 42.0 Å². The van der Waals surface area contributed by atoms with Gasteiger partial charge in [-0.05, 0) is 48.6 Å². The number of nitrogens with one attached hydrogen (secondary N) is 1. The Kier molecular flexibility index (Phi) is 4.16. The van der Waals surface area contributed by atoms with Gasteiger partial charge in [0.1, 0.15) is 0 Å². The second-order valence-corrected chi connectivity index (χ2v) is 7.15. The zero-order valence-electron chi connectivity index (χ0n) is 13.4. The van der Waals surface area contributed by atoms with E-state index in [0.29, 0.717) is 11.9 Å². The van der Waals surface area contributed by atoms with Crippen LogP contribution in [0, 0.1) is 5.82 Å². The van der Waals surface area contributed by atoms with E-state index in [9.17, 15) is 4.39 Å².